The van der Waals surface area contributed by atoms with Crippen LogP contribution in [0.15, 0.2) is 29.3 Å². The molecule has 0 fully saturated rings. The van der Waals surface area contributed by atoms with Gasteiger partial charge in [0.2, 0.25) is 0 Å². The molecule has 0 saturated carbocycles. The number of hydrogen-bond donors (Lipinski definition) is 2. The van der Waals surface area contributed by atoms with E-state index in [9.17, 15) is 0 Å². The first-order valence-corrected chi connectivity index (χ1v) is 8.56. The monoisotopic (exact) mass is 437 g/mol. The van der Waals surface area contributed by atoms with Gasteiger partial charge >= 0.3 is 0 Å². The van der Waals surface area contributed by atoms with Crippen molar-refractivity contribution in [2.45, 2.75) is 19.6 Å². The maximum Gasteiger partial charge on any atom is 0.191 e. The molecular weight excluding hydrogens is 409 g/mol. The second-order valence-electron chi connectivity index (χ2n) is 4.72. The summed E-state index contributed by atoms with van der Waals surface area (Å²) in [5.41, 5.74) is 2.69. The number of nitrogens with zero attached hydrogens (tertiary/aromatic N) is 1. The molecule has 4 nitrogen and oxygen atoms in total. The van der Waals surface area contributed by atoms with Crippen LogP contribution in [0.1, 0.15) is 18.1 Å². The third-order valence-electron chi connectivity index (χ3n) is 2.84. The van der Waals surface area contributed by atoms with Crippen molar-refractivity contribution in [3.05, 3.63) is 35.4 Å². The third kappa shape index (κ3) is 10.3. The smallest absolute Gasteiger partial charge is 0.191 e. The highest BCUT2D eigenvalue weighted by Crippen LogP contribution is 2.12. The van der Waals surface area contributed by atoms with E-state index in [1.165, 1.54) is 11.1 Å². The minimum Gasteiger partial charge on any atom is -0.383 e. The Morgan fingerprint density at radius 1 is 1.23 bits per heavy atom. The Morgan fingerprint density at radius 2 is 1.95 bits per heavy atom. The fourth-order valence-electron chi connectivity index (χ4n) is 1.71. The lowest BCUT2D eigenvalue weighted by Gasteiger charge is -2.11. The molecule has 0 amide bonds. The summed E-state index contributed by atoms with van der Waals surface area (Å²) in [6.45, 7) is 7.30. The number of aliphatic imine (C=N–C) groups is 1. The van der Waals surface area contributed by atoms with Crippen molar-refractivity contribution in [2.75, 3.05) is 39.1 Å². The van der Waals surface area contributed by atoms with Gasteiger partial charge in [-0.05, 0) is 19.4 Å². The van der Waals surface area contributed by atoms with Crippen LogP contribution >= 0.6 is 35.7 Å². The Kier molecular flexibility index (Phi) is 13.8. The Balaban J connectivity index is 0.00000441. The largest absolute Gasteiger partial charge is 0.383 e. The highest BCUT2D eigenvalue weighted by Gasteiger charge is 1.97. The van der Waals surface area contributed by atoms with Crippen LogP contribution in [0.5, 0.6) is 0 Å². The molecule has 0 aliphatic heterocycles. The lowest BCUT2D eigenvalue weighted by molar-refractivity contribution is 0.208. The zero-order valence-electron chi connectivity index (χ0n) is 13.7. The molecule has 0 aliphatic carbocycles. The lowest BCUT2D eigenvalue weighted by Crippen LogP contribution is -2.38. The summed E-state index contributed by atoms with van der Waals surface area (Å²) in [5.74, 6) is 2.98. The van der Waals surface area contributed by atoms with Crippen LogP contribution in [-0.4, -0.2) is 45.1 Å². The number of guanidine groups is 1. The fraction of sp³-hybridized carbons (Fsp3) is 0.562. The number of benzene rings is 1. The van der Waals surface area contributed by atoms with Gasteiger partial charge in [0.1, 0.15) is 0 Å². The highest BCUT2D eigenvalue weighted by atomic mass is 127. The van der Waals surface area contributed by atoms with Gasteiger partial charge in [-0.3, -0.25) is 4.99 Å². The normalized spacial score (nSPS) is 11.0. The number of nitrogens with one attached hydrogen (secondary N) is 2. The predicted octanol–water partition coefficient (Wildman–Crippen LogP) is 3.05. The molecule has 0 radical (unpaired) electrons. The van der Waals surface area contributed by atoms with Gasteiger partial charge in [0.05, 0.1) is 13.2 Å². The highest BCUT2D eigenvalue weighted by molar-refractivity contribution is 14.0. The zero-order chi connectivity index (χ0) is 15.3. The van der Waals surface area contributed by atoms with Crippen molar-refractivity contribution in [1.82, 2.24) is 10.6 Å². The summed E-state index contributed by atoms with van der Waals surface area (Å²) < 4.78 is 5.00. The molecule has 126 valence electrons. The van der Waals surface area contributed by atoms with Gasteiger partial charge in [-0.25, -0.2) is 0 Å². The molecule has 6 heteroatoms. The van der Waals surface area contributed by atoms with Crippen LogP contribution < -0.4 is 10.6 Å². The number of rotatable bonds is 9. The Labute approximate surface area is 155 Å². The summed E-state index contributed by atoms with van der Waals surface area (Å²) in [5, 5.41) is 6.57. The molecule has 1 aromatic carbocycles. The number of methoxy groups -OCH3 is 1. The van der Waals surface area contributed by atoms with E-state index >= 15 is 0 Å². The number of halogens is 1. The van der Waals surface area contributed by atoms with Crippen LogP contribution in [0, 0.1) is 6.92 Å². The van der Waals surface area contributed by atoms with E-state index in [0.717, 1.165) is 30.6 Å². The van der Waals surface area contributed by atoms with Crippen molar-refractivity contribution < 1.29 is 4.74 Å². The minimum atomic E-state index is 0. The van der Waals surface area contributed by atoms with Crippen LogP contribution in [0.4, 0.5) is 0 Å². The van der Waals surface area contributed by atoms with E-state index < -0.39 is 0 Å². The average Bonchev–Trinajstić information content (AvgIpc) is 2.49. The van der Waals surface area contributed by atoms with Crippen molar-refractivity contribution in [3.63, 3.8) is 0 Å². The molecule has 2 N–H and O–H groups in total. The number of ether oxygens (including phenoxy) is 1. The zero-order valence-corrected chi connectivity index (χ0v) is 16.9. The maximum absolute atomic E-state index is 5.00. The van der Waals surface area contributed by atoms with E-state index in [0.29, 0.717) is 13.2 Å². The second-order valence-corrected chi connectivity index (χ2v) is 5.82. The molecule has 0 bridgehead atoms. The van der Waals surface area contributed by atoms with E-state index in [1.807, 2.05) is 11.8 Å². The van der Waals surface area contributed by atoms with E-state index in [2.05, 4.69) is 53.7 Å². The Hall–Kier alpha value is -0.470. The van der Waals surface area contributed by atoms with Gasteiger partial charge in [0, 0.05) is 31.7 Å². The van der Waals surface area contributed by atoms with Gasteiger partial charge in [-0.1, -0.05) is 29.8 Å². The molecule has 0 unspecified atom stereocenters. The summed E-state index contributed by atoms with van der Waals surface area (Å²) in [7, 11) is 1.69. The average molecular weight is 437 g/mol. The van der Waals surface area contributed by atoms with Crippen molar-refractivity contribution in [2.24, 2.45) is 4.99 Å². The number of aryl methyl sites for hydroxylation is 1. The lowest BCUT2D eigenvalue weighted by atomic mass is 10.2. The molecule has 0 aliphatic rings. The summed E-state index contributed by atoms with van der Waals surface area (Å²) in [6, 6.07) is 8.73. The molecule has 22 heavy (non-hydrogen) atoms. The van der Waals surface area contributed by atoms with Crippen LogP contribution in [0.2, 0.25) is 0 Å². The molecule has 0 spiro atoms. The fourth-order valence-corrected chi connectivity index (χ4v) is 2.53. The standard InChI is InChI=1S/C16H27N3OS.HI/c1-4-17-16(18-9-11-20-3)19-10-12-21-13-15-7-5-14(2)6-8-15;/h5-8H,4,9-13H2,1-3H3,(H2,17,18,19);1H. The minimum absolute atomic E-state index is 0. The summed E-state index contributed by atoms with van der Waals surface area (Å²) in [6.07, 6.45) is 0. The molecule has 1 rings (SSSR count). The molecule has 0 saturated heterocycles. The number of hydrogen-bond acceptors (Lipinski definition) is 3. The van der Waals surface area contributed by atoms with Gasteiger partial charge < -0.3 is 15.4 Å². The predicted molar refractivity (Wildman–Crippen MR) is 109 cm³/mol. The molecule has 0 heterocycles. The summed E-state index contributed by atoms with van der Waals surface area (Å²) in [4.78, 5) is 4.43. The first-order valence-electron chi connectivity index (χ1n) is 7.40. The van der Waals surface area contributed by atoms with Crippen molar-refractivity contribution in [3.8, 4) is 0 Å². The molecule has 0 atom stereocenters. The van der Waals surface area contributed by atoms with E-state index in [-0.39, 0.29) is 24.0 Å². The van der Waals surface area contributed by atoms with Gasteiger partial charge in [0.25, 0.3) is 0 Å². The Morgan fingerprint density at radius 3 is 2.59 bits per heavy atom. The molecule has 1 aromatic rings. The van der Waals surface area contributed by atoms with Crippen LogP contribution in [-0.2, 0) is 10.5 Å². The third-order valence-corrected chi connectivity index (χ3v) is 3.87. The number of thioether (sulfide) groups is 1. The maximum atomic E-state index is 5.00. The molecule has 0 aromatic heterocycles. The van der Waals surface area contributed by atoms with Gasteiger partial charge in [0.15, 0.2) is 5.96 Å². The topological polar surface area (TPSA) is 45.7 Å². The van der Waals surface area contributed by atoms with Gasteiger partial charge in [-0.2, -0.15) is 11.8 Å². The SMILES string of the molecule is CCNC(=NCCOC)NCCSCc1ccc(C)cc1.I. The van der Waals surface area contributed by atoms with E-state index in [1.54, 1.807) is 7.11 Å². The Bertz CT molecular complexity index is 412. The quantitative estimate of drug-likeness (QED) is 0.270. The molecular formula is C16H28IN3OS. The first-order chi connectivity index (χ1) is 10.3. The van der Waals surface area contributed by atoms with Crippen LogP contribution in [0.25, 0.3) is 0 Å². The second kappa shape index (κ2) is 14.1. The van der Waals surface area contributed by atoms with E-state index in [4.69, 9.17) is 4.74 Å². The summed E-state index contributed by atoms with van der Waals surface area (Å²) >= 11 is 1.93. The van der Waals surface area contributed by atoms with Gasteiger partial charge in [-0.15, -0.1) is 24.0 Å². The van der Waals surface area contributed by atoms with Crippen molar-refractivity contribution >= 4 is 41.7 Å². The van der Waals surface area contributed by atoms with Crippen LogP contribution in [0.3, 0.4) is 0 Å². The first kappa shape index (κ1) is 21.5. The van der Waals surface area contributed by atoms with Crippen molar-refractivity contribution in [1.29, 1.82) is 0 Å².